The lowest BCUT2D eigenvalue weighted by molar-refractivity contribution is 0.0591. The highest BCUT2D eigenvalue weighted by Gasteiger charge is 2.25. The molecular formula is C40H45Br3N6O6. The largest absolute Gasteiger partial charge is 0.465 e. The van der Waals surface area contributed by atoms with Gasteiger partial charge in [-0.2, -0.15) is 0 Å². The lowest BCUT2D eigenvalue weighted by atomic mass is 10.1. The molecule has 0 atom stereocenters. The molecule has 0 radical (unpaired) electrons. The van der Waals surface area contributed by atoms with Gasteiger partial charge in [0, 0.05) is 64.2 Å². The minimum absolute atomic E-state index is 0.0119. The molecule has 4 amide bonds. The zero-order valence-corrected chi connectivity index (χ0v) is 35.6. The van der Waals surface area contributed by atoms with Crippen molar-refractivity contribution in [1.29, 1.82) is 0 Å². The molecule has 2 saturated heterocycles. The summed E-state index contributed by atoms with van der Waals surface area (Å²) in [6.45, 7) is 3.63. The molecule has 0 saturated carbocycles. The summed E-state index contributed by atoms with van der Waals surface area (Å²) in [7, 11) is 2.68. The maximum Gasteiger partial charge on any atom is 0.339 e. The third-order valence-electron chi connectivity index (χ3n) is 8.65. The fourth-order valence-electron chi connectivity index (χ4n) is 5.70. The average Bonchev–Trinajstić information content (AvgIpc) is 3.23. The van der Waals surface area contributed by atoms with Gasteiger partial charge in [-0.1, -0.05) is 59.9 Å². The number of nitrogens with one attached hydrogen (secondary N) is 1. The summed E-state index contributed by atoms with van der Waals surface area (Å²) in [4.78, 5) is 61.4. The summed E-state index contributed by atoms with van der Waals surface area (Å²) in [5, 5.41) is 3.60. The first-order valence-electron chi connectivity index (χ1n) is 17.9. The number of esters is 2. The summed E-state index contributed by atoms with van der Waals surface area (Å²) in [6.07, 6.45) is 9.68. The van der Waals surface area contributed by atoms with Crippen molar-refractivity contribution in [2.45, 2.75) is 50.4 Å². The Balaban J connectivity index is 0.000000203. The number of carbonyl (C=O) groups excluding carboxylic acids is 4. The Morgan fingerprint density at radius 3 is 1.71 bits per heavy atom. The summed E-state index contributed by atoms with van der Waals surface area (Å²) in [5.74, 6) is -0.786. The molecule has 2 fully saturated rings. The van der Waals surface area contributed by atoms with E-state index in [9.17, 15) is 19.2 Å². The second-order valence-electron chi connectivity index (χ2n) is 12.6. The van der Waals surface area contributed by atoms with Gasteiger partial charge in [-0.15, -0.1) is 0 Å². The van der Waals surface area contributed by atoms with Crippen molar-refractivity contribution in [3.05, 3.63) is 117 Å². The molecule has 15 heteroatoms. The first-order valence-corrected chi connectivity index (χ1v) is 20.6. The van der Waals surface area contributed by atoms with Crippen molar-refractivity contribution in [3.63, 3.8) is 0 Å². The SMILES string of the molecule is COC(=O)c1ccc(CBr)nc1.COC(=O)c1ccc(CN(C(=O)N2CCCCC2)c2cccc(Br)c2)nc1.O=C(Nc1cccc(Br)c1)N1CCCCC1. The van der Waals surface area contributed by atoms with Gasteiger partial charge in [0.2, 0.25) is 0 Å². The molecule has 6 rings (SSSR count). The number of benzene rings is 2. The number of aromatic nitrogens is 2. The number of methoxy groups -OCH3 is 2. The molecule has 2 aliphatic heterocycles. The number of nitrogens with zero attached hydrogens (tertiary/aromatic N) is 5. The second kappa shape index (κ2) is 22.9. The van der Waals surface area contributed by atoms with Crippen LogP contribution in [0.3, 0.4) is 0 Å². The summed E-state index contributed by atoms with van der Waals surface area (Å²) < 4.78 is 11.1. The van der Waals surface area contributed by atoms with Crippen molar-refractivity contribution in [2.24, 2.45) is 0 Å². The van der Waals surface area contributed by atoms with Crippen molar-refractivity contribution in [1.82, 2.24) is 19.8 Å². The Kier molecular flexibility index (Phi) is 18.1. The van der Waals surface area contributed by atoms with E-state index in [0.717, 1.165) is 84.3 Å². The van der Waals surface area contributed by atoms with E-state index in [1.807, 2.05) is 58.3 Å². The van der Waals surface area contributed by atoms with Crippen molar-refractivity contribution in [3.8, 4) is 0 Å². The average molecular weight is 946 g/mol. The number of alkyl halides is 1. The van der Waals surface area contributed by atoms with Crippen LogP contribution in [0.25, 0.3) is 0 Å². The third-order valence-corrected chi connectivity index (χ3v) is 10.2. The fourth-order valence-corrected chi connectivity index (χ4v) is 6.81. The van der Waals surface area contributed by atoms with Gasteiger partial charge in [0.05, 0.1) is 43.3 Å². The standard InChI is InChI=1S/C20H22BrN3O3.C12H15BrN2O.C8H8BrNO2/c1-27-19(25)15-8-9-17(22-13-15)14-24(18-7-5-6-16(21)12-18)20(26)23-10-3-2-4-11-23;13-10-5-4-6-11(9-10)14-12(16)15-7-2-1-3-8-15;1-12-8(11)6-2-3-7(4-9)10-5-6/h5-9,12-13H,2-4,10-11,14H2,1H3;4-6,9H,1-3,7-8H2,(H,14,16);2-3,5H,4H2,1H3. The van der Waals surface area contributed by atoms with E-state index in [-0.39, 0.29) is 18.0 Å². The Labute approximate surface area is 347 Å². The maximum absolute atomic E-state index is 13.2. The zero-order chi connectivity index (χ0) is 39.6. The van der Waals surface area contributed by atoms with Crippen LogP contribution in [-0.2, 0) is 21.3 Å². The second-order valence-corrected chi connectivity index (χ2v) is 15.0. The first kappa shape index (κ1) is 43.4. The number of carbonyl (C=O) groups is 4. The highest BCUT2D eigenvalue weighted by atomic mass is 79.9. The highest BCUT2D eigenvalue weighted by molar-refractivity contribution is 9.10. The van der Waals surface area contributed by atoms with Crippen molar-refractivity contribution in [2.75, 3.05) is 50.6 Å². The van der Waals surface area contributed by atoms with E-state index >= 15 is 0 Å². The van der Waals surface area contributed by atoms with E-state index < -0.39 is 5.97 Å². The molecule has 2 aromatic carbocycles. The number of pyridine rings is 2. The van der Waals surface area contributed by atoms with Gasteiger partial charge in [-0.3, -0.25) is 14.9 Å². The van der Waals surface area contributed by atoms with Gasteiger partial charge in [0.15, 0.2) is 0 Å². The third kappa shape index (κ3) is 14.0. The molecule has 2 aromatic heterocycles. The molecule has 55 heavy (non-hydrogen) atoms. The number of likely N-dealkylation sites (tertiary alicyclic amines) is 2. The topological polar surface area (TPSA) is 134 Å². The number of anilines is 2. The molecule has 4 heterocycles. The van der Waals surface area contributed by atoms with Crippen LogP contribution < -0.4 is 10.2 Å². The lowest BCUT2D eigenvalue weighted by Crippen LogP contribution is -2.45. The predicted molar refractivity (Wildman–Crippen MR) is 224 cm³/mol. The summed E-state index contributed by atoms with van der Waals surface area (Å²) >= 11 is 10.1. The van der Waals surface area contributed by atoms with E-state index in [1.54, 1.807) is 29.2 Å². The van der Waals surface area contributed by atoms with E-state index in [0.29, 0.717) is 28.7 Å². The Morgan fingerprint density at radius 2 is 1.22 bits per heavy atom. The van der Waals surface area contributed by atoms with Crippen LogP contribution in [0.2, 0.25) is 0 Å². The minimum Gasteiger partial charge on any atom is -0.465 e. The van der Waals surface area contributed by atoms with Crippen molar-refractivity contribution >= 4 is 83.2 Å². The Morgan fingerprint density at radius 1 is 0.691 bits per heavy atom. The van der Waals surface area contributed by atoms with Gasteiger partial charge in [-0.25, -0.2) is 19.2 Å². The molecule has 0 spiro atoms. The normalized spacial score (nSPS) is 13.5. The van der Waals surface area contributed by atoms with Crippen molar-refractivity contribution < 1.29 is 28.7 Å². The monoisotopic (exact) mass is 942 g/mol. The highest BCUT2D eigenvalue weighted by Crippen LogP contribution is 2.24. The predicted octanol–water partition coefficient (Wildman–Crippen LogP) is 9.47. The van der Waals surface area contributed by atoms with E-state index in [2.05, 4.69) is 67.8 Å². The number of hydrogen-bond donors (Lipinski definition) is 1. The number of halogens is 3. The van der Waals surface area contributed by atoms with Gasteiger partial charge in [-0.05, 0) is 99.2 Å². The Hall–Kier alpha value is -4.34. The van der Waals surface area contributed by atoms with Crippen LogP contribution in [0, 0.1) is 0 Å². The molecule has 12 nitrogen and oxygen atoms in total. The molecule has 0 aliphatic carbocycles. The number of hydrogen-bond acceptors (Lipinski definition) is 8. The lowest BCUT2D eigenvalue weighted by Gasteiger charge is -2.33. The van der Waals surface area contributed by atoms with Crippen LogP contribution in [0.1, 0.15) is 70.6 Å². The first-order chi connectivity index (χ1) is 26.6. The number of urea groups is 2. The molecule has 2 aliphatic rings. The van der Waals surface area contributed by atoms with Gasteiger partial charge in [0.25, 0.3) is 0 Å². The Bertz CT molecular complexity index is 1850. The molecule has 1 N–H and O–H groups in total. The molecule has 0 bridgehead atoms. The fraction of sp³-hybridized carbons (Fsp3) is 0.350. The maximum atomic E-state index is 13.2. The molecule has 4 aromatic rings. The number of amides is 4. The summed E-state index contributed by atoms with van der Waals surface area (Å²) in [6, 6.07) is 22.2. The zero-order valence-electron chi connectivity index (χ0n) is 30.9. The minimum atomic E-state index is -0.428. The van der Waals surface area contributed by atoms with Gasteiger partial charge < -0.3 is 24.6 Å². The number of ether oxygens (including phenoxy) is 2. The number of rotatable bonds is 7. The van der Waals surface area contributed by atoms with Gasteiger partial charge >= 0.3 is 24.0 Å². The molecule has 0 unspecified atom stereocenters. The number of piperidine rings is 2. The molecule has 292 valence electrons. The van der Waals surface area contributed by atoms with E-state index in [4.69, 9.17) is 4.74 Å². The quantitative estimate of drug-likeness (QED) is 0.143. The van der Waals surface area contributed by atoms with Crippen LogP contribution in [0.4, 0.5) is 21.0 Å². The van der Waals surface area contributed by atoms with Crippen LogP contribution >= 0.6 is 47.8 Å². The van der Waals surface area contributed by atoms with Gasteiger partial charge in [0.1, 0.15) is 0 Å². The van der Waals surface area contributed by atoms with Crippen LogP contribution in [0.5, 0.6) is 0 Å². The van der Waals surface area contributed by atoms with Crippen LogP contribution in [-0.4, -0.2) is 84.2 Å². The smallest absolute Gasteiger partial charge is 0.339 e. The molecular weight excluding hydrogens is 900 g/mol. The van der Waals surface area contributed by atoms with E-state index in [1.165, 1.54) is 33.0 Å². The summed E-state index contributed by atoms with van der Waals surface area (Å²) in [5.41, 5.74) is 4.10. The van der Waals surface area contributed by atoms with Crippen LogP contribution in [0.15, 0.2) is 94.1 Å².